The van der Waals surface area contributed by atoms with Gasteiger partial charge in [-0.15, -0.1) is 0 Å². The van der Waals surface area contributed by atoms with E-state index in [4.69, 9.17) is 4.74 Å². The Morgan fingerprint density at radius 2 is 0.873 bits per heavy atom. The molecule has 6 nitrogen and oxygen atoms in total. The maximum atomic E-state index is 13.1. The van der Waals surface area contributed by atoms with Crippen LogP contribution in [-0.2, 0) is 14.3 Å². The van der Waals surface area contributed by atoms with Crippen molar-refractivity contribution in [1.82, 2.24) is 5.32 Å². The van der Waals surface area contributed by atoms with Gasteiger partial charge in [0, 0.05) is 6.42 Å². The molecule has 0 aliphatic heterocycles. The van der Waals surface area contributed by atoms with Crippen LogP contribution in [0, 0.1) is 0 Å². The van der Waals surface area contributed by atoms with Crippen molar-refractivity contribution in [2.24, 2.45) is 0 Å². The number of hydrogen-bond acceptors (Lipinski definition) is 5. The van der Waals surface area contributed by atoms with Gasteiger partial charge in [0.15, 0.2) is 0 Å². The van der Waals surface area contributed by atoms with E-state index in [1.807, 2.05) is 0 Å². The fraction of sp³-hybridized carbons (Fsp3) is 0.918. The van der Waals surface area contributed by atoms with Gasteiger partial charge in [0.2, 0.25) is 5.91 Å². The van der Waals surface area contributed by atoms with E-state index in [1.54, 1.807) is 0 Å². The normalized spacial score (nSPS) is 13.3. The van der Waals surface area contributed by atoms with E-state index < -0.39 is 18.2 Å². The molecule has 0 aliphatic carbocycles. The maximum absolute atomic E-state index is 13.1. The molecule has 3 atom stereocenters. The van der Waals surface area contributed by atoms with Crippen LogP contribution in [0.3, 0.4) is 0 Å². The minimum atomic E-state index is -0.784. The number of nitrogens with one attached hydrogen (secondary N) is 1. The Kier molecular flexibility index (Phi) is 42.6. The van der Waals surface area contributed by atoms with Crippen LogP contribution >= 0.6 is 0 Å². The lowest BCUT2D eigenvalue weighted by Gasteiger charge is -2.24. The highest BCUT2D eigenvalue weighted by Crippen LogP contribution is 2.18. The smallest absolute Gasteiger partial charge is 0.306 e. The van der Waals surface area contributed by atoms with E-state index in [0.29, 0.717) is 19.3 Å². The van der Waals surface area contributed by atoms with Gasteiger partial charge >= 0.3 is 5.97 Å². The van der Waals surface area contributed by atoms with E-state index in [-0.39, 0.29) is 24.9 Å². The molecule has 1 amide bonds. The van der Waals surface area contributed by atoms with E-state index in [2.05, 4.69) is 38.2 Å². The molecule has 326 valence electrons. The number of carbonyl (C=O) groups is 2. The molecule has 0 fully saturated rings. The predicted molar refractivity (Wildman–Crippen MR) is 237 cm³/mol. The zero-order valence-electron chi connectivity index (χ0n) is 37.1. The van der Waals surface area contributed by atoms with Crippen molar-refractivity contribution in [3.63, 3.8) is 0 Å². The molecule has 0 aliphatic rings. The van der Waals surface area contributed by atoms with Crippen LogP contribution in [0.2, 0.25) is 0 Å². The highest BCUT2D eigenvalue weighted by molar-refractivity contribution is 5.77. The summed E-state index contributed by atoms with van der Waals surface area (Å²) in [5, 5.41) is 23.7. The molecule has 6 heteroatoms. The number of aliphatic hydroxyl groups is 2. The largest absolute Gasteiger partial charge is 0.462 e. The number of aliphatic hydroxyl groups excluding tert-OH is 2. The van der Waals surface area contributed by atoms with Crippen LogP contribution in [0.25, 0.3) is 0 Å². The second kappa shape index (κ2) is 43.7. The van der Waals surface area contributed by atoms with Crippen LogP contribution in [0.1, 0.15) is 265 Å². The molecule has 0 aromatic rings. The van der Waals surface area contributed by atoms with Gasteiger partial charge in [-0.3, -0.25) is 9.59 Å². The van der Waals surface area contributed by atoms with Crippen LogP contribution in [0.5, 0.6) is 0 Å². The minimum absolute atomic E-state index is 0.0731. The SMILES string of the molecule is CCCCC/C=C\CCCCCC(CC(=O)NC(CO)C(O)CCCCCCCCCCCCCCC)OC(=O)CCCCCCCCCCCCCCC. The first kappa shape index (κ1) is 53.6. The van der Waals surface area contributed by atoms with Crippen molar-refractivity contribution in [1.29, 1.82) is 0 Å². The first-order valence-electron chi connectivity index (χ1n) is 24.4. The molecule has 0 bridgehead atoms. The zero-order valence-corrected chi connectivity index (χ0v) is 37.1. The number of allylic oxidation sites excluding steroid dienone is 2. The Morgan fingerprint density at radius 3 is 1.33 bits per heavy atom. The van der Waals surface area contributed by atoms with E-state index in [9.17, 15) is 19.8 Å². The summed E-state index contributed by atoms with van der Waals surface area (Å²) in [6, 6.07) is -0.698. The molecule has 3 unspecified atom stereocenters. The molecular weight excluding hydrogens is 683 g/mol. The van der Waals surface area contributed by atoms with Gasteiger partial charge in [-0.25, -0.2) is 0 Å². The molecule has 3 N–H and O–H groups in total. The third-order valence-electron chi connectivity index (χ3n) is 11.3. The number of amides is 1. The molecule has 0 rings (SSSR count). The highest BCUT2D eigenvalue weighted by Gasteiger charge is 2.24. The predicted octanol–water partition coefficient (Wildman–Crippen LogP) is 14.2. The molecule has 0 saturated heterocycles. The number of unbranched alkanes of at least 4 members (excludes halogenated alkanes) is 30. The van der Waals surface area contributed by atoms with Crippen molar-refractivity contribution in [3.05, 3.63) is 12.2 Å². The van der Waals surface area contributed by atoms with Crippen LogP contribution < -0.4 is 5.32 Å². The Hall–Kier alpha value is -1.40. The van der Waals surface area contributed by atoms with Gasteiger partial charge in [-0.1, -0.05) is 213 Å². The number of carbonyl (C=O) groups excluding carboxylic acids is 2. The summed E-state index contributed by atoms with van der Waals surface area (Å²) in [4.78, 5) is 26.0. The minimum Gasteiger partial charge on any atom is -0.462 e. The molecule has 55 heavy (non-hydrogen) atoms. The second-order valence-corrected chi connectivity index (χ2v) is 16.9. The van der Waals surface area contributed by atoms with Crippen molar-refractivity contribution in [3.8, 4) is 0 Å². The van der Waals surface area contributed by atoms with E-state index in [0.717, 1.165) is 64.2 Å². The topological polar surface area (TPSA) is 95.9 Å². The molecule has 0 radical (unpaired) electrons. The molecule has 0 aromatic carbocycles. The Morgan fingerprint density at radius 1 is 0.509 bits per heavy atom. The quantitative estimate of drug-likeness (QED) is 0.0325. The summed E-state index contributed by atoms with van der Waals surface area (Å²) < 4.78 is 5.90. The van der Waals surface area contributed by atoms with Crippen LogP contribution in [-0.4, -0.2) is 46.9 Å². The first-order valence-corrected chi connectivity index (χ1v) is 24.4. The molecule has 0 spiro atoms. The number of hydrogen-bond donors (Lipinski definition) is 3. The lowest BCUT2D eigenvalue weighted by Crippen LogP contribution is -2.46. The molecule has 0 heterocycles. The van der Waals surface area contributed by atoms with Gasteiger partial charge in [0.1, 0.15) is 6.10 Å². The summed E-state index contributed by atoms with van der Waals surface area (Å²) >= 11 is 0. The molecule has 0 aromatic heterocycles. The fourth-order valence-corrected chi connectivity index (χ4v) is 7.60. The third-order valence-corrected chi connectivity index (χ3v) is 11.3. The standard InChI is InChI=1S/C49H95NO5/c1-4-7-10-13-16-19-22-24-26-29-32-35-38-41-47(52)46(44-51)50-48(53)43-45(40-37-34-31-28-21-18-15-12-9-6-3)55-49(54)42-39-36-33-30-27-25-23-20-17-14-11-8-5-2/h18,21,45-47,51-52H,4-17,19-20,22-44H2,1-3H3,(H,50,53)/b21-18-. The zero-order chi connectivity index (χ0) is 40.3. The Bertz CT molecular complexity index is 832. The van der Waals surface area contributed by atoms with Gasteiger partial charge in [-0.05, 0) is 51.4 Å². The summed E-state index contributed by atoms with van der Waals surface area (Å²) in [6.07, 6.45) is 47.0. The lowest BCUT2D eigenvalue weighted by atomic mass is 10.0. The second-order valence-electron chi connectivity index (χ2n) is 16.9. The summed E-state index contributed by atoms with van der Waals surface area (Å²) in [5.74, 6) is -0.478. The van der Waals surface area contributed by atoms with E-state index in [1.165, 1.54) is 154 Å². The van der Waals surface area contributed by atoms with Crippen LogP contribution in [0.15, 0.2) is 12.2 Å². The average Bonchev–Trinajstić information content (AvgIpc) is 3.18. The maximum Gasteiger partial charge on any atom is 0.306 e. The summed E-state index contributed by atoms with van der Waals surface area (Å²) in [7, 11) is 0. The lowest BCUT2D eigenvalue weighted by molar-refractivity contribution is -0.151. The Labute approximate surface area is 342 Å². The average molecular weight is 778 g/mol. The Balaban J connectivity index is 4.50. The summed E-state index contributed by atoms with van der Waals surface area (Å²) in [5.41, 5.74) is 0. The van der Waals surface area contributed by atoms with Crippen molar-refractivity contribution >= 4 is 11.9 Å². The van der Waals surface area contributed by atoms with Crippen molar-refractivity contribution < 1.29 is 24.5 Å². The first-order chi connectivity index (χ1) is 27.0. The van der Waals surface area contributed by atoms with Gasteiger partial charge in [-0.2, -0.15) is 0 Å². The summed E-state index contributed by atoms with van der Waals surface area (Å²) in [6.45, 7) is 6.46. The molecular formula is C49H95NO5. The highest BCUT2D eigenvalue weighted by atomic mass is 16.5. The number of esters is 1. The fourth-order valence-electron chi connectivity index (χ4n) is 7.60. The van der Waals surface area contributed by atoms with Gasteiger partial charge < -0.3 is 20.3 Å². The van der Waals surface area contributed by atoms with Gasteiger partial charge in [0.25, 0.3) is 0 Å². The van der Waals surface area contributed by atoms with Gasteiger partial charge in [0.05, 0.1) is 25.2 Å². The number of rotatable bonds is 44. The van der Waals surface area contributed by atoms with Crippen molar-refractivity contribution in [2.45, 2.75) is 283 Å². The number of ether oxygens (including phenoxy) is 1. The van der Waals surface area contributed by atoms with Crippen LogP contribution in [0.4, 0.5) is 0 Å². The molecule has 0 saturated carbocycles. The third kappa shape index (κ3) is 39.2. The monoisotopic (exact) mass is 778 g/mol. The van der Waals surface area contributed by atoms with E-state index >= 15 is 0 Å². The van der Waals surface area contributed by atoms with Crippen molar-refractivity contribution in [2.75, 3.05) is 6.61 Å².